The van der Waals surface area contributed by atoms with Crippen LogP contribution in [0.4, 0.5) is 0 Å². The molecule has 1 aromatic heterocycles. The molecule has 2 rings (SSSR count). The number of nitrogens with zero attached hydrogens (tertiary/aromatic N) is 1. The van der Waals surface area contributed by atoms with E-state index in [9.17, 15) is 13.2 Å². The van der Waals surface area contributed by atoms with Crippen molar-refractivity contribution in [1.82, 2.24) is 4.31 Å². The molecule has 1 N–H and O–H groups in total. The summed E-state index contributed by atoms with van der Waals surface area (Å²) >= 11 is 0. The van der Waals surface area contributed by atoms with Gasteiger partial charge in [-0.15, -0.1) is 6.58 Å². The average molecular weight is 313 g/mol. The van der Waals surface area contributed by atoms with Gasteiger partial charge in [0.1, 0.15) is 10.7 Å². The van der Waals surface area contributed by atoms with Crippen LogP contribution in [0.1, 0.15) is 42.0 Å². The van der Waals surface area contributed by atoms with Crippen molar-refractivity contribution < 1.29 is 22.7 Å². The highest BCUT2D eigenvalue weighted by atomic mass is 32.2. The number of hydrogen-bond acceptors (Lipinski definition) is 4. The molecule has 0 unspecified atom stereocenters. The van der Waals surface area contributed by atoms with Gasteiger partial charge < -0.3 is 9.52 Å². The summed E-state index contributed by atoms with van der Waals surface area (Å²) < 4.78 is 32.0. The maximum Gasteiger partial charge on any atom is 0.371 e. The van der Waals surface area contributed by atoms with Crippen LogP contribution < -0.4 is 0 Å². The standard InChI is InChI=1S/C14H19NO5S/c1-3-8-15(11-6-4-5-7-11)21(18,19)13-9-12(14(16)17)20-10(13)2/h3,9,11H,1,4-8H2,2H3,(H,16,17). The first kappa shape index (κ1) is 15.8. The van der Waals surface area contributed by atoms with Gasteiger partial charge in [-0.3, -0.25) is 0 Å². The third kappa shape index (κ3) is 3.03. The highest BCUT2D eigenvalue weighted by Crippen LogP contribution is 2.31. The van der Waals surface area contributed by atoms with Crippen molar-refractivity contribution in [3.63, 3.8) is 0 Å². The van der Waals surface area contributed by atoms with Crippen LogP contribution >= 0.6 is 0 Å². The molecule has 0 saturated heterocycles. The van der Waals surface area contributed by atoms with Crippen molar-refractivity contribution in [2.75, 3.05) is 6.54 Å². The second-order valence-electron chi connectivity index (χ2n) is 5.14. The summed E-state index contributed by atoms with van der Waals surface area (Å²) in [5.74, 6) is -1.55. The molecule has 0 aromatic carbocycles. The van der Waals surface area contributed by atoms with Crippen LogP contribution in [0.3, 0.4) is 0 Å². The van der Waals surface area contributed by atoms with Gasteiger partial charge in [0.25, 0.3) is 0 Å². The summed E-state index contributed by atoms with van der Waals surface area (Å²) in [5.41, 5.74) is 0. The van der Waals surface area contributed by atoms with Crippen molar-refractivity contribution in [3.05, 3.63) is 30.2 Å². The Bertz CT molecular complexity index is 640. The van der Waals surface area contributed by atoms with Crippen LogP contribution in [0.25, 0.3) is 0 Å². The minimum Gasteiger partial charge on any atom is -0.475 e. The summed E-state index contributed by atoms with van der Waals surface area (Å²) in [5, 5.41) is 8.92. The highest BCUT2D eigenvalue weighted by Gasteiger charge is 2.35. The van der Waals surface area contributed by atoms with Crippen molar-refractivity contribution in [2.24, 2.45) is 0 Å². The summed E-state index contributed by atoms with van der Waals surface area (Å²) in [6.45, 7) is 5.28. The van der Waals surface area contributed by atoms with Gasteiger partial charge in [0.2, 0.25) is 15.8 Å². The molecule has 0 bridgehead atoms. The van der Waals surface area contributed by atoms with Gasteiger partial charge in [-0.2, -0.15) is 4.31 Å². The van der Waals surface area contributed by atoms with E-state index >= 15 is 0 Å². The first-order valence-electron chi connectivity index (χ1n) is 6.84. The summed E-state index contributed by atoms with van der Waals surface area (Å²) in [7, 11) is -3.78. The molecule has 1 aromatic rings. The first-order valence-corrected chi connectivity index (χ1v) is 8.28. The molecule has 0 amide bonds. The molecule has 0 atom stereocenters. The Morgan fingerprint density at radius 1 is 1.52 bits per heavy atom. The molecule has 1 aliphatic rings. The summed E-state index contributed by atoms with van der Waals surface area (Å²) in [6, 6.07) is 1.02. The third-order valence-electron chi connectivity index (χ3n) is 3.71. The van der Waals surface area contributed by atoms with Crippen LogP contribution in [-0.4, -0.2) is 36.4 Å². The molecule has 6 nitrogen and oxygen atoms in total. The van der Waals surface area contributed by atoms with Crippen molar-refractivity contribution in [3.8, 4) is 0 Å². The summed E-state index contributed by atoms with van der Waals surface area (Å²) in [4.78, 5) is 10.9. The Balaban J connectivity index is 2.42. The molecule has 7 heteroatoms. The topological polar surface area (TPSA) is 87.8 Å². The van der Waals surface area contributed by atoms with E-state index in [1.165, 1.54) is 11.2 Å². The second-order valence-corrected chi connectivity index (χ2v) is 7.00. The monoisotopic (exact) mass is 313 g/mol. The Hall–Kier alpha value is -1.60. The van der Waals surface area contributed by atoms with E-state index in [-0.39, 0.29) is 29.0 Å². The van der Waals surface area contributed by atoms with Crippen molar-refractivity contribution in [1.29, 1.82) is 0 Å². The van der Waals surface area contributed by atoms with E-state index in [1.54, 1.807) is 6.08 Å². The third-order valence-corrected chi connectivity index (χ3v) is 5.74. The van der Waals surface area contributed by atoms with Crippen LogP contribution in [0.15, 0.2) is 28.0 Å². The minimum atomic E-state index is -3.78. The lowest BCUT2D eigenvalue weighted by molar-refractivity contribution is 0.0661. The molecule has 1 heterocycles. The number of aryl methyl sites for hydroxylation is 1. The molecule has 1 fully saturated rings. The molecule has 21 heavy (non-hydrogen) atoms. The molecule has 0 radical (unpaired) electrons. The van der Waals surface area contributed by atoms with Crippen molar-refractivity contribution >= 4 is 16.0 Å². The number of hydrogen-bond donors (Lipinski definition) is 1. The minimum absolute atomic E-state index is 0.0596. The van der Waals surface area contributed by atoms with Crippen LogP contribution in [0, 0.1) is 6.92 Å². The number of rotatable bonds is 6. The van der Waals surface area contributed by atoms with Gasteiger partial charge in [0.05, 0.1) is 0 Å². The SMILES string of the molecule is C=CCN(C1CCCC1)S(=O)(=O)c1cc(C(=O)O)oc1C. The van der Waals surface area contributed by atoms with E-state index in [1.807, 2.05) is 0 Å². The second kappa shape index (κ2) is 6.03. The largest absolute Gasteiger partial charge is 0.475 e. The predicted molar refractivity (Wildman–Crippen MR) is 76.7 cm³/mol. The maximum atomic E-state index is 12.8. The molecule has 1 saturated carbocycles. The van der Waals surface area contributed by atoms with Crippen LogP contribution in [0.5, 0.6) is 0 Å². The van der Waals surface area contributed by atoms with E-state index < -0.39 is 16.0 Å². The highest BCUT2D eigenvalue weighted by molar-refractivity contribution is 7.89. The zero-order valence-corrected chi connectivity index (χ0v) is 12.7. The van der Waals surface area contributed by atoms with Crippen LogP contribution in [0.2, 0.25) is 0 Å². The smallest absolute Gasteiger partial charge is 0.371 e. The normalized spacial score (nSPS) is 16.5. The number of furan rings is 1. The lowest BCUT2D eigenvalue weighted by Gasteiger charge is -2.26. The molecule has 116 valence electrons. The molecule has 0 spiro atoms. The van der Waals surface area contributed by atoms with Gasteiger partial charge in [-0.1, -0.05) is 18.9 Å². The number of carbonyl (C=O) groups is 1. The maximum absolute atomic E-state index is 12.8. The lowest BCUT2D eigenvalue weighted by atomic mass is 10.2. The van der Waals surface area contributed by atoms with Gasteiger partial charge >= 0.3 is 5.97 Å². The van der Waals surface area contributed by atoms with Crippen molar-refractivity contribution in [2.45, 2.75) is 43.5 Å². The fraction of sp³-hybridized carbons (Fsp3) is 0.500. The van der Waals surface area contributed by atoms with Crippen LogP contribution in [-0.2, 0) is 10.0 Å². The van der Waals surface area contributed by atoms with Gasteiger partial charge in [0, 0.05) is 18.7 Å². The Morgan fingerprint density at radius 3 is 2.62 bits per heavy atom. The number of carboxylic acid groups (broad SMARTS) is 1. The van der Waals surface area contributed by atoms with Gasteiger partial charge in [-0.05, 0) is 19.8 Å². The zero-order valence-electron chi connectivity index (χ0n) is 11.9. The van der Waals surface area contributed by atoms with Gasteiger partial charge in [0.15, 0.2) is 0 Å². The van der Waals surface area contributed by atoms with E-state index in [2.05, 4.69) is 6.58 Å². The Morgan fingerprint density at radius 2 is 2.14 bits per heavy atom. The van der Waals surface area contributed by atoms with E-state index in [4.69, 9.17) is 9.52 Å². The number of sulfonamides is 1. The lowest BCUT2D eigenvalue weighted by Crippen LogP contribution is -2.39. The Kier molecular flexibility index (Phi) is 4.53. The molecular weight excluding hydrogens is 294 g/mol. The number of aromatic carboxylic acids is 1. The van der Waals surface area contributed by atoms with E-state index in [0.29, 0.717) is 0 Å². The molecule has 1 aliphatic carbocycles. The van der Waals surface area contributed by atoms with E-state index in [0.717, 1.165) is 31.7 Å². The average Bonchev–Trinajstić information content (AvgIpc) is 3.04. The Labute approximate surface area is 124 Å². The fourth-order valence-electron chi connectivity index (χ4n) is 2.72. The number of carboxylic acids is 1. The molecule has 0 aliphatic heterocycles. The predicted octanol–water partition coefficient (Wildman–Crippen LogP) is 2.41. The first-order chi connectivity index (χ1) is 9.87. The summed E-state index contributed by atoms with van der Waals surface area (Å²) in [6.07, 6.45) is 5.17. The van der Waals surface area contributed by atoms with Gasteiger partial charge in [-0.25, -0.2) is 13.2 Å². The zero-order chi connectivity index (χ0) is 15.6. The molecular formula is C14H19NO5S. The fourth-order valence-corrected chi connectivity index (χ4v) is 4.53. The quantitative estimate of drug-likeness (QED) is 0.815.